The number of hydrazone groups is 1. The fourth-order valence-electron chi connectivity index (χ4n) is 4.46. The van der Waals surface area contributed by atoms with Crippen molar-refractivity contribution in [3.05, 3.63) is 101 Å². The number of carbonyl (C=O) groups is 2. The molecule has 2 amide bonds. The average Bonchev–Trinajstić information content (AvgIpc) is 3.62. The number of methoxy groups -OCH3 is 1. The zero-order chi connectivity index (χ0) is 29.5. The van der Waals surface area contributed by atoms with Crippen molar-refractivity contribution in [2.24, 2.45) is 12.1 Å². The molecule has 0 radical (unpaired) electrons. The molecule has 1 atom stereocenters. The highest BCUT2D eigenvalue weighted by Gasteiger charge is 2.33. The summed E-state index contributed by atoms with van der Waals surface area (Å²) in [5.74, 6) is 1.68. The highest BCUT2D eigenvalue weighted by molar-refractivity contribution is 7.99. The summed E-state index contributed by atoms with van der Waals surface area (Å²) in [6.07, 6.45) is 0.605. The van der Waals surface area contributed by atoms with E-state index in [0.29, 0.717) is 23.2 Å². The molecule has 0 aliphatic carbocycles. The lowest BCUT2D eigenvalue weighted by atomic mass is 9.97. The van der Waals surface area contributed by atoms with Crippen molar-refractivity contribution in [3.63, 3.8) is 0 Å². The van der Waals surface area contributed by atoms with Gasteiger partial charge in [0, 0.05) is 13.5 Å². The van der Waals surface area contributed by atoms with E-state index in [1.807, 2.05) is 73.7 Å². The number of nitrogens with zero attached hydrogens (tertiary/aromatic N) is 5. The number of rotatable bonds is 11. The van der Waals surface area contributed by atoms with Crippen LogP contribution in [0.5, 0.6) is 11.5 Å². The van der Waals surface area contributed by atoms with E-state index < -0.39 is 0 Å². The van der Waals surface area contributed by atoms with E-state index >= 15 is 0 Å². The van der Waals surface area contributed by atoms with Gasteiger partial charge in [-0.2, -0.15) is 5.10 Å². The molecule has 1 aliphatic rings. The Morgan fingerprint density at radius 2 is 1.71 bits per heavy atom. The van der Waals surface area contributed by atoms with Crippen LogP contribution in [0.3, 0.4) is 0 Å². The third kappa shape index (κ3) is 6.98. The second-order valence-corrected chi connectivity index (χ2v) is 10.7. The summed E-state index contributed by atoms with van der Waals surface area (Å²) in [5.41, 5.74) is 3.97. The number of aryl methyl sites for hydroxylation is 1. The number of nitrogens with one attached hydrogen (secondary N) is 1. The lowest BCUT2D eigenvalue weighted by Crippen LogP contribution is -2.29. The smallest absolute Gasteiger partial charge is 0.258 e. The van der Waals surface area contributed by atoms with Crippen LogP contribution in [0, 0.1) is 6.92 Å². The van der Waals surface area contributed by atoms with Crippen LogP contribution in [0.4, 0.5) is 0 Å². The summed E-state index contributed by atoms with van der Waals surface area (Å²) in [6, 6.07) is 24.8. The fraction of sp³-hybridized carbons (Fsp3) is 0.258. The molecule has 0 spiro atoms. The summed E-state index contributed by atoms with van der Waals surface area (Å²) < 4.78 is 12.5. The molecule has 0 saturated heterocycles. The first-order valence-electron chi connectivity index (χ1n) is 13.5. The molecule has 3 aromatic carbocycles. The Hall–Kier alpha value is -4.64. The van der Waals surface area contributed by atoms with Crippen LogP contribution in [-0.4, -0.2) is 56.8 Å². The monoisotopic (exact) mass is 584 g/mol. The zero-order valence-electron chi connectivity index (χ0n) is 23.7. The van der Waals surface area contributed by atoms with Crippen molar-refractivity contribution in [3.8, 4) is 11.5 Å². The predicted molar refractivity (Wildman–Crippen MR) is 160 cm³/mol. The van der Waals surface area contributed by atoms with Gasteiger partial charge in [0.25, 0.3) is 11.8 Å². The van der Waals surface area contributed by atoms with E-state index in [1.165, 1.54) is 11.8 Å². The summed E-state index contributed by atoms with van der Waals surface area (Å²) in [7, 11) is 3.44. The Morgan fingerprint density at radius 3 is 2.43 bits per heavy atom. The van der Waals surface area contributed by atoms with Crippen molar-refractivity contribution in [2.45, 2.75) is 31.1 Å². The quantitative estimate of drug-likeness (QED) is 0.262. The van der Waals surface area contributed by atoms with Crippen LogP contribution in [0.2, 0.25) is 0 Å². The van der Waals surface area contributed by atoms with E-state index in [0.717, 1.165) is 28.2 Å². The molecule has 1 N–H and O–H groups in total. The van der Waals surface area contributed by atoms with Gasteiger partial charge in [-0.05, 0) is 54.4 Å². The second-order valence-electron chi connectivity index (χ2n) is 9.77. The second kappa shape index (κ2) is 13.3. The molecule has 0 fully saturated rings. The fourth-order valence-corrected chi connectivity index (χ4v) is 5.24. The molecular weight excluding hydrogens is 552 g/mol. The predicted octanol–water partition coefficient (Wildman–Crippen LogP) is 4.30. The van der Waals surface area contributed by atoms with Crippen LogP contribution in [-0.2, 0) is 23.2 Å². The standard InChI is InChI=1S/C31H32N6O4S/c1-21-9-11-23(12-10-21)27-17-26(22-13-15-24(40-3)16-14-22)35-37(27)30(39)20-42-31-34-33-28(36(31)2)18-32-29(38)19-41-25-7-5-4-6-8-25/h4-16,27H,17-20H2,1-3H3,(H,32,38)/t27-/m1/s1. The van der Waals surface area contributed by atoms with Crippen molar-refractivity contribution in [1.82, 2.24) is 25.1 Å². The Bertz CT molecular complexity index is 1550. The summed E-state index contributed by atoms with van der Waals surface area (Å²) >= 11 is 1.28. The number of benzene rings is 3. The van der Waals surface area contributed by atoms with Crippen LogP contribution < -0.4 is 14.8 Å². The van der Waals surface area contributed by atoms with Gasteiger partial charge < -0.3 is 19.4 Å². The largest absolute Gasteiger partial charge is 0.497 e. The van der Waals surface area contributed by atoms with Gasteiger partial charge in [0.2, 0.25) is 0 Å². The summed E-state index contributed by atoms with van der Waals surface area (Å²) in [4.78, 5) is 25.7. The molecule has 4 aromatic rings. The third-order valence-corrected chi connectivity index (χ3v) is 7.86. The minimum atomic E-state index is -0.270. The molecular formula is C31H32N6O4S. The van der Waals surface area contributed by atoms with Gasteiger partial charge in [0.15, 0.2) is 17.6 Å². The lowest BCUT2D eigenvalue weighted by Gasteiger charge is -2.22. The minimum absolute atomic E-state index is 0.102. The zero-order valence-corrected chi connectivity index (χ0v) is 24.5. The van der Waals surface area contributed by atoms with E-state index in [9.17, 15) is 9.59 Å². The summed E-state index contributed by atoms with van der Waals surface area (Å²) in [5, 5.41) is 18.1. The molecule has 216 valence electrons. The van der Waals surface area contributed by atoms with Gasteiger partial charge in [-0.25, -0.2) is 5.01 Å². The number of aromatic nitrogens is 3. The number of carbonyl (C=O) groups excluding carboxylic acids is 2. The third-order valence-electron chi connectivity index (χ3n) is 6.86. The maximum atomic E-state index is 13.5. The van der Waals surface area contributed by atoms with E-state index in [1.54, 1.807) is 35.9 Å². The van der Waals surface area contributed by atoms with Gasteiger partial charge in [-0.1, -0.05) is 59.8 Å². The van der Waals surface area contributed by atoms with Crippen molar-refractivity contribution < 1.29 is 19.1 Å². The van der Waals surface area contributed by atoms with Gasteiger partial charge in [0.05, 0.1) is 31.2 Å². The summed E-state index contributed by atoms with van der Waals surface area (Å²) in [6.45, 7) is 2.12. The van der Waals surface area contributed by atoms with Crippen LogP contribution in [0.25, 0.3) is 0 Å². The van der Waals surface area contributed by atoms with Crippen LogP contribution in [0.1, 0.15) is 35.0 Å². The lowest BCUT2D eigenvalue weighted by molar-refractivity contribution is -0.130. The number of hydrogen-bond acceptors (Lipinski definition) is 8. The normalized spacial score (nSPS) is 14.4. The first-order chi connectivity index (χ1) is 20.4. The molecule has 2 heterocycles. The van der Waals surface area contributed by atoms with Crippen molar-refractivity contribution in [1.29, 1.82) is 0 Å². The first kappa shape index (κ1) is 28.9. The molecule has 11 heteroatoms. The Morgan fingerprint density at radius 1 is 0.976 bits per heavy atom. The van der Waals surface area contributed by atoms with Crippen molar-refractivity contribution >= 4 is 29.3 Å². The Balaban J connectivity index is 1.22. The number of ether oxygens (including phenoxy) is 2. The first-order valence-corrected chi connectivity index (χ1v) is 14.5. The van der Waals surface area contributed by atoms with Crippen molar-refractivity contribution in [2.75, 3.05) is 19.5 Å². The van der Waals surface area contributed by atoms with Gasteiger partial charge in [-0.3, -0.25) is 9.59 Å². The SMILES string of the molecule is COc1ccc(C2=NN(C(=O)CSc3nnc(CNC(=O)COc4ccccc4)n3C)[C@@H](c3ccc(C)cc3)C2)cc1. The number of para-hydroxylation sites is 1. The number of amides is 2. The Labute approximate surface area is 248 Å². The molecule has 1 aliphatic heterocycles. The van der Waals surface area contributed by atoms with Crippen LogP contribution in [0.15, 0.2) is 89.1 Å². The topological polar surface area (TPSA) is 111 Å². The molecule has 0 bridgehead atoms. The molecule has 0 saturated carbocycles. The molecule has 5 rings (SSSR count). The van der Waals surface area contributed by atoms with Crippen LogP contribution >= 0.6 is 11.8 Å². The number of hydrogen-bond donors (Lipinski definition) is 1. The van der Waals surface area contributed by atoms with Gasteiger partial charge >= 0.3 is 0 Å². The molecule has 1 aromatic heterocycles. The highest BCUT2D eigenvalue weighted by Crippen LogP contribution is 2.34. The molecule has 42 heavy (non-hydrogen) atoms. The average molecular weight is 585 g/mol. The van der Waals surface area contributed by atoms with Gasteiger partial charge in [0.1, 0.15) is 11.5 Å². The number of thioether (sulfide) groups is 1. The molecule has 0 unspecified atom stereocenters. The van der Waals surface area contributed by atoms with E-state index in [-0.39, 0.29) is 36.8 Å². The van der Waals surface area contributed by atoms with Gasteiger partial charge in [-0.15, -0.1) is 10.2 Å². The maximum Gasteiger partial charge on any atom is 0.258 e. The minimum Gasteiger partial charge on any atom is -0.497 e. The maximum absolute atomic E-state index is 13.5. The van der Waals surface area contributed by atoms with E-state index in [4.69, 9.17) is 14.6 Å². The Kier molecular flexibility index (Phi) is 9.18. The van der Waals surface area contributed by atoms with E-state index in [2.05, 4.69) is 15.5 Å². The molecule has 10 nitrogen and oxygen atoms in total. The highest BCUT2D eigenvalue weighted by atomic mass is 32.2.